The van der Waals surface area contributed by atoms with Crippen molar-refractivity contribution in [3.05, 3.63) is 69.4 Å². The summed E-state index contributed by atoms with van der Waals surface area (Å²) >= 11 is 0. The van der Waals surface area contributed by atoms with E-state index in [0.717, 1.165) is 25.7 Å². The van der Waals surface area contributed by atoms with E-state index < -0.39 is 28.8 Å². The minimum atomic E-state index is -0.926. The summed E-state index contributed by atoms with van der Waals surface area (Å²) in [5.74, 6) is -2.14. The van der Waals surface area contributed by atoms with Gasteiger partial charge in [-0.25, -0.2) is 4.39 Å². The van der Waals surface area contributed by atoms with Crippen molar-refractivity contribution in [3.8, 4) is 11.5 Å². The molecule has 2 N–H and O–H groups in total. The maximum atomic E-state index is 13.8. The van der Waals surface area contributed by atoms with Crippen LogP contribution < -0.4 is 20.5 Å². The number of allylic oxidation sites excluding steroid dienone is 1. The number of nitrogens with one attached hydrogen (secondary N) is 1. The Bertz CT molecular complexity index is 1210. The molecule has 0 unspecified atom stereocenters. The highest BCUT2D eigenvalue weighted by molar-refractivity contribution is 5.99. The fourth-order valence-electron chi connectivity index (χ4n) is 4.20. The summed E-state index contributed by atoms with van der Waals surface area (Å²) in [6, 6.07) is 4.04. The van der Waals surface area contributed by atoms with Gasteiger partial charge in [0, 0.05) is 38.0 Å². The molecule has 2 aliphatic rings. The smallest absolute Gasteiger partial charge is 0.277 e. The number of pyridine rings is 1. The number of benzene rings is 1. The molecule has 2 aliphatic heterocycles. The number of aromatic hydroxyl groups is 1. The second-order valence-electron chi connectivity index (χ2n) is 8.68. The predicted octanol–water partition coefficient (Wildman–Crippen LogP) is 2.50. The lowest BCUT2D eigenvalue weighted by Crippen LogP contribution is -2.53. The second-order valence-corrected chi connectivity index (χ2v) is 8.68. The average molecular weight is 485 g/mol. The quantitative estimate of drug-likeness (QED) is 0.557. The van der Waals surface area contributed by atoms with Crippen LogP contribution in [-0.2, 0) is 6.54 Å². The molecule has 1 aromatic carbocycles. The van der Waals surface area contributed by atoms with Crippen molar-refractivity contribution in [2.45, 2.75) is 38.6 Å². The fourth-order valence-corrected chi connectivity index (χ4v) is 4.20. The Morgan fingerprint density at radius 3 is 2.71 bits per heavy atom. The monoisotopic (exact) mass is 484 g/mol. The Kier molecular flexibility index (Phi) is 7.38. The molecule has 2 amide bonds. The van der Waals surface area contributed by atoms with Crippen molar-refractivity contribution in [2.75, 3.05) is 31.9 Å². The van der Waals surface area contributed by atoms with Crippen LogP contribution in [0.5, 0.6) is 11.5 Å². The summed E-state index contributed by atoms with van der Waals surface area (Å²) in [5, 5.41) is 15.1. The Labute approximate surface area is 202 Å². The van der Waals surface area contributed by atoms with E-state index in [4.69, 9.17) is 4.74 Å². The van der Waals surface area contributed by atoms with E-state index in [1.807, 2.05) is 11.1 Å². The van der Waals surface area contributed by atoms with Crippen LogP contribution in [0.2, 0.25) is 0 Å². The average Bonchev–Trinajstić information content (AvgIpc) is 2.83. The molecule has 0 radical (unpaired) electrons. The molecule has 0 saturated heterocycles. The van der Waals surface area contributed by atoms with Crippen LogP contribution in [-0.4, -0.2) is 53.4 Å². The van der Waals surface area contributed by atoms with Gasteiger partial charge in [-0.3, -0.25) is 24.1 Å². The molecule has 0 aliphatic carbocycles. The maximum Gasteiger partial charge on any atom is 0.277 e. The van der Waals surface area contributed by atoms with Crippen LogP contribution in [0.1, 0.15) is 58.5 Å². The first kappa shape index (κ1) is 24.3. The van der Waals surface area contributed by atoms with Crippen LogP contribution in [0.25, 0.3) is 0 Å². The third-order valence-corrected chi connectivity index (χ3v) is 6.10. The van der Waals surface area contributed by atoms with Gasteiger partial charge in [-0.2, -0.15) is 0 Å². The number of amides is 2. The first-order valence-electron chi connectivity index (χ1n) is 11.7. The van der Waals surface area contributed by atoms with Crippen LogP contribution in [0.3, 0.4) is 0 Å². The Hall–Kier alpha value is -3.82. The summed E-state index contributed by atoms with van der Waals surface area (Å²) in [5.41, 5.74) is -0.837. The molecule has 0 saturated carbocycles. The number of halogens is 1. The molecule has 0 fully saturated rings. The molecular weight excluding hydrogens is 455 g/mol. The van der Waals surface area contributed by atoms with Gasteiger partial charge in [0.15, 0.2) is 11.4 Å². The van der Waals surface area contributed by atoms with Gasteiger partial charge >= 0.3 is 0 Å². The largest absolute Gasteiger partial charge is 0.502 e. The van der Waals surface area contributed by atoms with Crippen molar-refractivity contribution in [1.82, 2.24) is 14.9 Å². The highest BCUT2D eigenvalue weighted by Crippen LogP contribution is 2.23. The fraction of sp³-hybridized carbons (Fsp3) is 0.400. The molecule has 0 atom stereocenters. The van der Waals surface area contributed by atoms with E-state index in [0.29, 0.717) is 30.9 Å². The van der Waals surface area contributed by atoms with E-state index in [-0.39, 0.29) is 24.5 Å². The molecule has 1 aromatic heterocycles. The molecule has 2 bridgehead atoms. The lowest BCUT2D eigenvalue weighted by molar-refractivity contribution is 0.0730. The third kappa shape index (κ3) is 5.31. The summed E-state index contributed by atoms with van der Waals surface area (Å²) in [6.07, 6.45) is 9.76. The molecule has 0 spiro atoms. The van der Waals surface area contributed by atoms with Crippen molar-refractivity contribution in [3.63, 3.8) is 0 Å². The normalized spacial score (nSPS) is 18.5. The molecule has 35 heavy (non-hydrogen) atoms. The Balaban J connectivity index is 1.69. The van der Waals surface area contributed by atoms with Crippen LogP contribution in [0.15, 0.2) is 41.3 Å². The van der Waals surface area contributed by atoms with Crippen LogP contribution in [0.4, 0.5) is 4.39 Å². The highest BCUT2D eigenvalue weighted by atomic mass is 19.1. The van der Waals surface area contributed by atoms with Crippen LogP contribution >= 0.6 is 0 Å². The zero-order valence-corrected chi connectivity index (χ0v) is 19.6. The molecule has 10 heteroatoms. The first-order chi connectivity index (χ1) is 16.9. The van der Waals surface area contributed by atoms with Gasteiger partial charge in [-0.1, -0.05) is 24.6 Å². The minimum Gasteiger partial charge on any atom is -0.502 e. The van der Waals surface area contributed by atoms with Gasteiger partial charge in [0.25, 0.3) is 11.8 Å². The van der Waals surface area contributed by atoms with Gasteiger partial charge in [-0.15, -0.1) is 0 Å². The third-order valence-electron chi connectivity index (χ3n) is 6.10. The number of aromatic nitrogens is 1. The van der Waals surface area contributed by atoms with Gasteiger partial charge in [0.2, 0.25) is 5.43 Å². The Morgan fingerprint density at radius 2 is 1.89 bits per heavy atom. The van der Waals surface area contributed by atoms with E-state index >= 15 is 0 Å². The second kappa shape index (κ2) is 10.6. The Morgan fingerprint density at radius 1 is 1.09 bits per heavy atom. The predicted molar refractivity (Wildman–Crippen MR) is 128 cm³/mol. The maximum absolute atomic E-state index is 13.8. The van der Waals surface area contributed by atoms with Gasteiger partial charge in [0.1, 0.15) is 23.8 Å². The molecule has 186 valence electrons. The molecule has 9 nitrogen and oxygen atoms in total. The first-order valence-corrected chi connectivity index (χ1v) is 11.7. The highest BCUT2D eigenvalue weighted by Gasteiger charge is 2.32. The number of hydrogen-bond donors (Lipinski definition) is 2. The van der Waals surface area contributed by atoms with Crippen LogP contribution in [0, 0.1) is 5.82 Å². The van der Waals surface area contributed by atoms with Crippen molar-refractivity contribution < 1.29 is 23.8 Å². The number of carbonyl (C=O) groups excluding carboxylic acids is 2. The summed E-state index contributed by atoms with van der Waals surface area (Å²) in [6.45, 7) is 1.17. The number of rotatable bonds is 0. The van der Waals surface area contributed by atoms with E-state index in [1.165, 1.54) is 34.0 Å². The number of ether oxygens (including phenoxy) is 1. The summed E-state index contributed by atoms with van der Waals surface area (Å²) in [7, 11) is 1.60. The van der Waals surface area contributed by atoms with Crippen molar-refractivity contribution >= 4 is 11.8 Å². The minimum absolute atomic E-state index is 0.0162. The van der Waals surface area contributed by atoms with E-state index in [2.05, 4.69) is 11.4 Å². The topological polar surface area (TPSA) is 104 Å². The number of hydrogen-bond acceptors (Lipinski definition) is 6. The number of fused-ring (bicyclic) bond motifs is 2. The lowest BCUT2D eigenvalue weighted by Gasteiger charge is -2.38. The molecule has 4 rings (SSSR count). The zero-order chi connectivity index (χ0) is 24.9. The van der Waals surface area contributed by atoms with Gasteiger partial charge < -0.3 is 20.1 Å². The summed E-state index contributed by atoms with van der Waals surface area (Å²) in [4.78, 5) is 39.9. The standard InChI is InChI=1S/C25H29FN4O5/c1-28-16-29-11-7-5-3-2-4-6-8-12-35-20-13-18(26)10-9-17(20)14-27-24(33)19-15-30(29)21(25(28)34)23(32)22(19)31/h4,6,9-10,13,15,32H,2-3,5,7-8,11-12,14,16H2,1H3,(H,27,33)/b6-4-. The molecule has 2 aromatic rings. The van der Waals surface area contributed by atoms with E-state index in [9.17, 15) is 23.9 Å². The molecular formula is C25H29FN4O5. The van der Waals surface area contributed by atoms with Gasteiger partial charge in [-0.05, 0) is 31.7 Å². The summed E-state index contributed by atoms with van der Waals surface area (Å²) < 4.78 is 20.9. The SMILES string of the molecule is CN1CN2CCCCC/C=C\CCOc3cc(F)ccc3CNC(=O)c3cn2c(c(O)c3=O)C1=O. The van der Waals surface area contributed by atoms with Crippen molar-refractivity contribution in [1.29, 1.82) is 0 Å². The van der Waals surface area contributed by atoms with Gasteiger partial charge in [0.05, 0.1) is 6.61 Å². The number of nitrogens with zero attached hydrogens (tertiary/aromatic N) is 3. The lowest BCUT2D eigenvalue weighted by atomic mass is 10.1. The number of carbonyl (C=O) groups is 2. The van der Waals surface area contributed by atoms with Crippen molar-refractivity contribution in [2.24, 2.45) is 0 Å². The molecule has 3 heterocycles. The van der Waals surface area contributed by atoms with E-state index in [1.54, 1.807) is 7.05 Å². The zero-order valence-electron chi connectivity index (χ0n) is 19.6.